The fourth-order valence-electron chi connectivity index (χ4n) is 3.54. The number of carbonyl (C=O) groups is 2. The summed E-state index contributed by atoms with van der Waals surface area (Å²) >= 11 is 0. The molecular weight excluding hydrogens is 430 g/mol. The molecule has 32 heavy (non-hydrogen) atoms. The van der Waals surface area contributed by atoms with Gasteiger partial charge in [0.05, 0.1) is 35.2 Å². The minimum atomic E-state index is -4.85. The number of aromatic nitrogens is 3. The molecule has 4 rings (SSSR count). The summed E-state index contributed by atoms with van der Waals surface area (Å²) in [6, 6.07) is 3.58. The highest BCUT2D eigenvalue weighted by atomic mass is 19.4. The van der Waals surface area contributed by atoms with Crippen molar-refractivity contribution in [2.24, 2.45) is 0 Å². The third-order valence-corrected chi connectivity index (χ3v) is 5.21. The van der Waals surface area contributed by atoms with E-state index < -0.39 is 35.4 Å². The lowest BCUT2D eigenvalue weighted by atomic mass is 10.1. The highest BCUT2D eigenvalue weighted by Crippen LogP contribution is 2.35. The van der Waals surface area contributed by atoms with Crippen LogP contribution < -0.4 is 10.2 Å². The molecule has 0 saturated heterocycles. The van der Waals surface area contributed by atoms with Gasteiger partial charge in [0, 0.05) is 18.4 Å². The smallest absolute Gasteiger partial charge is 0.320 e. The van der Waals surface area contributed by atoms with E-state index in [1.165, 1.54) is 17.1 Å². The molecule has 2 aromatic heterocycles. The molecule has 1 aromatic carbocycles. The van der Waals surface area contributed by atoms with E-state index in [2.05, 4.69) is 15.4 Å². The highest BCUT2D eigenvalue weighted by molar-refractivity contribution is 6.15. The molecule has 0 spiro atoms. The van der Waals surface area contributed by atoms with Crippen molar-refractivity contribution < 1.29 is 27.2 Å². The molecule has 0 unspecified atom stereocenters. The Morgan fingerprint density at radius 2 is 1.97 bits per heavy atom. The summed E-state index contributed by atoms with van der Waals surface area (Å²) < 4.78 is 54.1. The Labute approximate surface area is 179 Å². The van der Waals surface area contributed by atoms with Crippen molar-refractivity contribution in [3.8, 4) is 0 Å². The molecule has 1 aliphatic heterocycles. The van der Waals surface area contributed by atoms with Crippen molar-refractivity contribution in [1.82, 2.24) is 14.8 Å². The first kappa shape index (κ1) is 21.5. The lowest BCUT2D eigenvalue weighted by Crippen LogP contribution is -2.43. The number of amides is 2. The van der Waals surface area contributed by atoms with Crippen LogP contribution in [0.3, 0.4) is 0 Å². The molecule has 11 heteroatoms. The van der Waals surface area contributed by atoms with Crippen molar-refractivity contribution in [2.75, 3.05) is 16.8 Å². The number of nitrogens with zero attached hydrogens (tertiary/aromatic N) is 4. The summed E-state index contributed by atoms with van der Waals surface area (Å²) in [4.78, 5) is 31.1. The zero-order valence-electron chi connectivity index (χ0n) is 16.9. The molecule has 0 radical (unpaired) electrons. The monoisotopic (exact) mass is 447 g/mol. The van der Waals surface area contributed by atoms with E-state index in [0.29, 0.717) is 17.8 Å². The van der Waals surface area contributed by atoms with E-state index in [9.17, 15) is 27.2 Å². The van der Waals surface area contributed by atoms with Gasteiger partial charge in [-0.05, 0) is 43.7 Å². The van der Waals surface area contributed by atoms with E-state index in [0.717, 1.165) is 16.5 Å². The highest BCUT2D eigenvalue weighted by Gasteiger charge is 2.37. The predicted molar refractivity (Wildman–Crippen MR) is 107 cm³/mol. The molecule has 0 fully saturated rings. The summed E-state index contributed by atoms with van der Waals surface area (Å²) in [5, 5.41) is 6.81. The van der Waals surface area contributed by atoms with E-state index in [1.54, 1.807) is 26.1 Å². The Morgan fingerprint density at radius 1 is 1.22 bits per heavy atom. The molecular formula is C21H17F4N5O2. The predicted octanol–water partition coefficient (Wildman–Crippen LogP) is 4.22. The van der Waals surface area contributed by atoms with Crippen molar-refractivity contribution in [3.63, 3.8) is 0 Å². The van der Waals surface area contributed by atoms with E-state index in [1.807, 2.05) is 0 Å². The van der Waals surface area contributed by atoms with Crippen LogP contribution in [0, 0.1) is 12.7 Å². The molecule has 1 aliphatic rings. The van der Waals surface area contributed by atoms with Gasteiger partial charge in [-0.15, -0.1) is 0 Å². The first-order valence-electron chi connectivity index (χ1n) is 9.56. The van der Waals surface area contributed by atoms with Crippen LogP contribution in [0.5, 0.6) is 0 Å². The number of hydrogen-bond donors (Lipinski definition) is 1. The van der Waals surface area contributed by atoms with Crippen LogP contribution in [0.1, 0.15) is 44.9 Å². The number of hydrogen-bond acceptors (Lipinski definition) is 4. The molecule has 0 saturated carbocycles. The quantitative estimate of drug-likeness (QED) is 0.610. The minimum absolute atomic E-state index is 0.0119. The van der Waals surface area contributed by atoms with Crippen LogP contribution in [0.4, 0.5) is 28.9 Å². The summed E-state index contributed by atoms with van der Waals surface area (Å²) in [7, 11) is 0. The average molecular weight is 447 g/mol. The number of pyridine rings is 1. The Morgan fingerprint density at radius 3 is 2.62 bits per heavy atom. The first-order valence-corrected chi connectivity index (χ1v) is 9.56. The largest absolute Gasteiger partial charge is 0.419 e. The molecule has 3 heterocycles. The summed E-state index contributed by atoms with van der Waals surface area (Å²) in [6.07, 6.45) is -0.568. The minimum Gasteiger partial charge on any atom is -0.320 e. The van der Waals surface area contributed by atoms with Gasteiger partial charge in [0.25, 0.3) is 11.8 Å². The van der Waals surface area contributed by atoms with Crippen LogP contribution in [0.15, 0.2) is 42.9 Å². The van der Waals surface area contributed by atoms with Crippen LogP contribution in [0.25, 0.3) is 0 Å². The van der Waals surface area contributed by atoms with Gasteiger partial charge in [0.1, 0.15) is 11.5 Å². The fraction of sp³-hybridized carbons (Fsp3) is 0.238. The summed E-state index contributed by atoms with van der Waals surface area (Å²) in [6.45, 7) is 3.54. The van der Waals surface area contributed by atoms with Crippen LogP contribution in [-0.4, -0.2) is 33.1 Å². The van der Waals surface area contributed by atoms with Gasteiger partial charge in [-0.1, -0.05) is 0 Å². The molecule has 1 atom stereocenters. The third kappa shape index (κ3) is 3.70. The normalized spacial score (nSPS) is 16.1. The van der Waals surface area contributed by atoms with Crippen molar-refractivity contribution in [1.29, 1.82) is 0 Å². The summed E-state index contributed by atoms with van der Waals surface area (Å²) in [5.74, 6) is -2.75. The molecule has 1 N–H and O–H groups in total. The van der Waals surface area contributed by atoms with E-state index in [-0.39, 0.29) is 23.5 Å². The zero-order valence-corrected chi connectivity index (χ0v) is 16.9. The van der Waals surface area contributed by atoms with Gasteiger partial charge < -0.3 is 10.2 Å². The molecule has 166 valence electrons. The number of aryl methyl sites for hydroxylation is 1. The number of benzene rings is 1. The number of carbonyl (C=O) groups excluding carboxylic acids is 2. The lowest BCUT2D eigenvalue weighted by Gasteiger charge is -2.32. The van der Waals surface area contributed by atoms with Crippen LogP contribution in [0.2, 0.25) is 0 Å². The van der Waals surface area contributed by atoms with Crippen molar-refractivity contribution in [3.05, 3.63) is 71.1 Å². The van der Waals surface area contributed by atoms with Gasteiger partial charge in [-0.25, -0.2) is 4.39 Å². The number of nitrogens with one attached hydrogen (secondary N) is 1. The average Bonchev–Trinajstić information content (AvgIpc) is 3.17. The Kier molecular flexibility index (Phi) is 5.19. The summed E-state index contributed by atoms with van der Waals surface area (Å²) in [5.41, 5.74) is -0.304. The molecule has 3 aromatic rings. The molecule has 7 nitrogen and oxygen atoms in total. The number of fused-ring (bicyclic) bond motifs is 1. The number of halogens is 4. The van der Waals surface area contributed by atoms with Crippen LogP contribution in [-0.2, 0) is 6.18 Å². The van der Waals surface area contributed by atoms with Gasteiger partial charge in [-0.2, -0.15) is 18.3 Å². The van der Waals surface area contributed by atoms with Crippen LogP contribution >= 0.6 is 0 Å². The lowest BCUT2D eigenvalue weighted by molar-refractivity contribution is -0.139. The number of alkyl halides is 3. The second-order valence-corrected chi connectivity index (χ2v) is 7.42. The standard InChI is InChI=1S/C21H17F4N5O2/c1-11-5-6-26-9-17(11)28-19(31)14-8-27-30-12(2)10-29(20(32)18(14)30)13-3-4-15(16(22)7-13)21(23,24)25/h3-9,12H,10H2,1-2H3,(H,28,31)/t12-/m0/s1. The Balaban J connectivity index is 1.68. The Bertz CT molecular complexity index is 1220. The maximum absolute atomic E-state index is 14.1. The topological polar surface area (TPSA) is 80.1 Å². The molecule has 0 aliphatic carbocycles. The number of anilines is 2. The second-order valence-electron chi connectivity index (χ2n) is 7.42. The first-order chi connectivity index (χ1) is 15.1. The third-order valence-electron chi connectivity index (χ3n) is 5.21. The number of rotatable bonds is 3. The fourth-order valence-corrected chi connectivity index (χ4v) is 3.54. The zero-order chi connectivity index (χ0) is 23.2. The molecule has 2 amide bonds. The molecule has 0 bridgehead atoms. The second kappa shape index (κ2) is 7.74. The Hall–Kier alpha value is -3.76. The van der Waals surface area contributed by atoms with Gasteiger partial charge >= 0.3 is 6.18 Å². The van der Waals surface area contributed by atoms with E-state index in [4.69, 9.17) is 0 Å². The SMILES string of the molecule is Cc1ccncc1NC(=O)c1cnn2c1C(=O)N(c1ccc(C(F)(F)F)c(F)c1)C[C@@H]2C. The van der Waals surface area contributed by atoms with Gasteiger partial charge in [0.15, 0.2) is 0 Å². The maximum Gasteiger partial charge on any atom is 0.419 e. The van der Waals surface area contributed by atoms with Gasteiger partial charge in [0.2, 0.25) is 0 Å². The van der Waals surface area contributed by atoms with Crippen molar-refractivity contribution in [2.45, 2.75) is 26.1 Å². The van der Waals surface area contributed by atoms with Crippen molar-refractivity contribution >= 4 is 23.2 Å². The van der Waals surface area contributed by atoms with Gasteiger partial charge in [-0.3, -0.25) is 19.3 Å². The van der Waals surface area contributed by atoms with E-state index >= 15 is 0 Å². The maximum atomic E-state index is 14.1.